The Morgan fingerprint density at radius 1 is 0.319 bits per heavy atom. The van der Waals surface area contributed by atoms with Crippen LogP contribution in [0.2, 0.25) is 0 Å². The third kappa shape index (κ3) is 60.9. The zero-order valence-electron chi connectivity index (χ0n) is 49.0. The summed E-state index contributed by atoms with van der Waals surface area (Å²) < 4.78 is 10.7. The summed E-state index contributed by atoms with van der Waals surface area (Å²) in [7, 11) is 0. The Bertz CT molecular complexity index is 1100. The molecule has 0 amide bonds. The fraction of sp³-hybridized carbons (Fsp3) is 0.910. The number of esters is 2. The lowest BCUT2D eigenvalue weighted by molar-refractivity contribution is -0.161. The number of carbonyl (C=O) groups excluding carboxylic acids is 2. The molecule has 0 radical (unpaired) electrons. The smallest absolute Gasteiger partial charge is 0.306 e. The highest BCUT2D eigenvalue weighted by Gasteiger charge is 2.16. The second-order valence-corrected chi connectivity index (χ2v) is 22.6. The molecular weight excluding hydrogens is 885 g/mol. The monoisotopic (exact) mass is 1010 g/mol. The van der Waals surface area contributed by atoms with Gasteiger partial charge in [-0.1, -0.05) is 340 Å². The Morgan fingerprint density at radius 2 is 0.556 bits per heavy atom. The maximum absolute atomic E-state index is 12.3. The number of ether oxygens (including phenoxy) is 2. The van der Waals surface area contributed by atoms with E-state index in [1.165, 1.54) is 308 Å². The highest BCUT2D eigenvalue weighted by molar-refractivity contribution is 5.70. The minimum atomic E-state index is -0.766. The van der Waals surface area contributed by atoms with Crippen molar-refractivity contribution in [3.05, 3.63) is 24.3 Å². The predicted molar refractivity (Wildman–Crippen MR) is 316 cm³/mol. The summed E-state index contributed by atoms with van der Waals surface area (Å²) in [5.41, 5.74) is 0. The van der Waals surface area contributed by atoms with Gasteiger partial charge < -0.3 is 14.6 Å². The van der Waals surface area contributed by atoms with Gasteiger partial charge in [-0.25, -0.2) is 0 Å². The Morgan fingerprint density at radius 3 is 0.819 bits per heavy atom. The van der Waals surface area contributed by atoms with Gasteiger partial charge in [0.25, 0.3) is 0 Å². The highest BCUT2D eigenvalue weighted by atomic mass is 16.6. The van der Waals surface area contributed by atoms with E-state index in [0.717, 1.165) is 38.5 Å². The van der Waals surface area contributed by atoms with E-state index in [0.29, 0.717) is 12.8 Å². The molecule has 0 saturated carbocycles. The number of aliphatic hydroxyl groups is 1. The van der Waals surface area contributed by atoms with Crippen molar-refractivity contribution in [2.45, 2.75) is 380 Å². The first-order chi connectivity index (χ1) is 35.6. The van der Waals surface area contributed by atoms with Crippen LogP contribution >= 0.6 is 0 Å². The van der Waals surface area contributed by atoms with Gasteiger partial charge in [0.1, 0.15) is 6.61 Å². The minimum Gasteiger partial charge on any atom is -0.462 e. The Kier molecular flexibility index (Phi) is 62.2. The fourth-order valence-electron chi connectivity index (χ4n) is 10.3. The van der Waals surface area contributed by atoms with Gasteiger partial charge in [-0.15, -0.1) is 0 Å². The van der Waals surface area contributed by atoms with Crippen molar-refractivity contribution in [2.75, 3.05) is 13.2 Å². The van der Waals surface area contributed by atoms with Crippen molar-refractivity contribution in [2.24, 2.45) is 0 Å². The molecule has 5 nitrogen and oxygen atoms in total. The number of allylic oxidation sites excluding steroid dienone is 4. The van der Waals surface area contributed by atoms with Gasteiger partial charge >= 0.3 is 11.9 Å². The first-order valence-electron chi connectivity index (χ1n) is 32.9. The van der Waals surface area contributed by atoms with Gasteiger partial charge in [0.15, 0.2) is 6.10 Å². The van der Waals surface area contributed by atoms with Crippen LogP contribution in [0.1, 0.15) is 373 Å². The predicted octanol–water partition coefficient (Wildman–Crippen LogP) is 22.4. The zero-order valence-corrected chi connectivity index (χ0v) is 49.0. The molecule has 0 fully saturated rings. The Hall–Kier alpha value is -1.62. The average Bonchev–Trinajstić information content (AvgIpc) is 3.38. The largest absolute Gasteiger partial charge is 0.462 e. The van der Waals surface area contributed by atoms with Crippen LogP contribution in [0.5, 0.6) is 0 Å². The molecule has 0 aromatic rings. The van der Waals surface area contributed by atoms with Crippen LogP contribution in [0, 0.1) is 0 Å². The molecule has 72 heavy (non-hydrogen) atoms. The summed E-state index contributed by atoms with van der Waals surface area (Å²) in [6.45, 7) is 4.19. The molecule has 0 aliphatic heterocycles. The maximum atomic E-state index is 12.3. The quantitative estimate of drug-likeness (QED) is 0.0373. The van der Waals surface area contributed by atoms with Crippen molar-refractivity contribution < 1.29 is 24.2 Å². The van der Waals surface area contributed by atoms with Gasteiger partial charge in [-0.2, -0.15) is 0 Å². The molecule has 1 atom stereocenters. The molecule has 0 aliphatic rings. The zero-order chi connectivity index (χ0) is 52.0. The van der Waals surface area contributed by atoms with E-state index >= 15 is 0 Å². The van der Waals surface area contributed by atoms with Crippen LogP contribution in [-0.2, 0) is 19.1 Å². The van der Waals surface area contributed by atoms with Gasteiger partial charge in [0.2, 0.25) is 0 Å². The van der Waals surface area contributed by atoms with Crippen LogP contribution < -0.4 is 0 Å². The molecular formula is C67H128O5. The van der Waals surface area contributed by atoms with E-state index in [-0.39, 0.29) is 25.2 Å². The molecule has 1 unspecified atom stereocenters. The number of hydrogen-bond acceptors (Lipinski definition) is 5. The molecule has 0 bridgehead atoms. The number of unbranched alkanes of at least 4 members (excludes halogenated alkanes) is 50. The molecule has 1 N–H and O–H groups in total. The molecule has 0 aromatic heterocycles. The van der Waals surface area contributed by atoms with Crippen LogP contribution in [0.3, 0.4) is 0 Å². The SMILES string of the molecule is CCCCCCC/C=C\C/C=C\CCCCCCCCCCCCCCCCCCCCCCCCCCCCCC(=O)OC(CO)COC(=O)CCCCCCCCCCCCCCCCCCCCC. The van der Waals surface area contributed by atoms with Crippen LogP contribution in [0.25, 0.3) is 0 Å². The molecule has 5 heteroatoms. The van der Waals surface area contributed by atoms with E-state index in [4.69, 9.17) is 9.47 Å². The average molecular weight is 1010 g/mol. The van der Waals surface area contributed by atoms with Crippen LogP contribution in [-0.4, -0.2) is 36.4 Å². The summed E-state index contributed by atoms with van der Waals surface area (Å²) in [4.78, 5) is 24.6. The number of hydrogen-bond donors (Lipinski definition) is 1. The molecule has 0 heterocycles. The standard InChI is InChI=1S/C67H128O5/c1-3-5-7-9-11-13-15-17-19-21-23-24-25-26-27-28-29-30-31-32-33-34-35-36-37-38-39-40-41-42-44-46-48-50-52-54-56-58-60-62-67(70)72-65(63-68)64-71-66(69)61-59-57-55-53-51-49-47-45-43-22-20-18-16-14-12-10-8-6-4-2/h15,17,21,23,65,68H,3-14,16,18-20,22,24-64H2,1-2H3/b17-15-,23-21-. The molecule has 0 rings (SSSR count). The first kappa shape index (κ1) is 70.4. The minimum absolute atomic E-state index is 0.0572. The number of aliphatic hydroxyl groups excluding tert-OH is 1. The van der Waals surface area contributed by atoms with E-state index in [2.05, 4.69) is 38.2 Å². The second-order valence-electron chi connectivity index (χ2n) is 22.6. The molecule has 0 aliphatic carbocycles. The van der Waals surface area contributed by atoms with Gasteiger partial charge in [0, 0.05) is 12.8 Å². The topological polar surface area (TPSA) is 72.8 Å². The third-order valence-corrected chi connectivity index (χ3v) is 15.2. The van der Waals surface area contributed by atoms with Crippen LogP contribution in [0.15, 0.2) is 24.3 Å². The van der Waals surface area contributed by atoms with E-state index in [1.807, 2.05) is 0 Å². The first-order valence-corrected chi connectivity index (χ1v) is 32.9. The molecule has 0 aromatic carbocycles. The van der Waals surface area contributed by atoms with Crippen molar-refractivity contribution in [3.8, 4) is 0 Å². The van der Waals surface area contributed by atoms with Gasteiger partial charge in [-0.05, 0) is 44.9 Å². The summed E-state index contributed by atoms with van der Waals surface area (Å²) >= 11 is 0. The lowest BCUT2D eigenvalue weighted by Crippen LogP contribution is -2.28. The van der Waals surface area contributed by atoms with Crippen molar-refractivity contribution in [1.82, 2.24) is 0 Å². The Balaban J connectivity index is 3.35. The van der Waals surface area contributed by atoms with E-state index < -0.39 is 6.10 Å². The fourth-order valence-corrected chi connectivity index (χ4v) is 10.3. The molecule has 0 saturated heterocycles. The summed E-state index contributed by atoms with van der Waals surface area (Å²) in [6, 6.07) is 0. The van der Waals surface area contributed by atoms with Crippen molar-refractivity contribution >= 4 is 11.9 Å². The Labute approximate surface area is 451 Å². The van der Waals surface area contributed by atoms with E-state index in [1.54, 1.807) is 0 Å². The van der Waals surface area contributed by atoms with Gasteiger partial charge in [0.05, 0.1) is 6.61 Å². The lowest BCUT2D eigenvalue weighted by Gasteiger charge is -2.15. The van der Waals surface area contributed by atoms with E-state index in [9.17, 15) is 14.7 Å². The third-order valence-electron chi connectivity index (χ3n) is 15.2. The molecule has 426 valence electrons. The molecule has 0 spiro atoms. The highest BCUT2D eigenvalue weighted by Crippen LogP contribution is 2.19. The summed E-state index contributed by atoms with van der Waals surface area (Å²) in [6.07, 6.45) is 82.1. The normalized spacial score (nSPS) is 12.2. The number of carbonyl (C=O) groups is 2. The second kappa shape index (κ2) is 63.7. The maximum Gasteiger partial charge on any atom is 0.306 e. The number of rotatable bonds is 62. The lowest BCUT2D eigenvalue weighted by atomic mass is 10.0. The summed E-state index contributed by atoms with van der Waals surface area (Å²) in [5, 5.41) is 9.67. The van der Waals surface area contributed by atoms with Gasteiger partial charge in [-0.3, -0.25) is 9.59 Å². The summed E-state index contributed by atoms with van der Waals surface area (Å²) in [5.74, 6) is -0.564. The van der Waals surface area contributed by atoms with Crippen LogP contribution in [0.4, 0.5) is 0 Å². The van der Waals surface area contributed by atoms with Crippen molar-refractivity contribution in [1.29, 1.82) is 0 Å². The van der Waals surface area contributed by atoms with Crippen molar-refractivity contribution in [3.63, 3.8) is 0 Å².